The number of carbonyl (C=O) groups is 2. The Morgan fingerprint density at radius 2 is 1.06 bits per heavy atom. The summed E-state index contributed by atoms with van der Waals surface area (Å²) in [6, 6.07) is 0. The van der Waals surface area contributed by atoms with Gasteiger partial charge in [-0.2, -0.15) is 0 Å². The first-order valence-corrected chi connectivity index (χ1v) is 22.5. The fraction of sp³-hybridized carbons (Fsp3) is 0.727. The van der Waals surface area contributed by atoms with Gasteiger partial charge >= 0.3 is 19.8 Å². The monoisotopic (exact) mass is 781 g/mol. The molecular weight excluding hydrogens is 701 g/mol. The largest absolute Gasteiger partial charge is 0.472 e. The lowest BCUT2D eigenvalue weighted by Crippen LogP contribution is -2.37. The lowest BCUT2D eigenvalue weighted by atomic mass is 10.1. The number of ether oxygens (including phenoxy) is 2. The number of hydrogen-bond acceptors (Lipinski definition) is 7. The molecule has 9 nitrogen and oxygen atoms in total. The maximum Gasteiger partial charge on any atom is 0.472 e. The van der Waals surface area contributed by atoms with Crippen molar-refractivity contribution < 1.29 is 42.1 Å². The zero-order valence-electron chi connectivity index (χ0n) is 34.9. The number of nitrogens with zero attached hydrogens (tertiary/aromatic N) is 1. The Kier molecular flexibility index (Phi) is 34.8. The van der Waals surface area contributed by atoms with E-state index in [1.807, 2.05) is 21.1 Å². The van der Waals surface area contributed by atoms with Crippen LogP contribution in [0, 0.1) is 0 Å². The molecule has 0 aliphatic rings. The number of phosphoric acid groups is 1. The van der Waals surface area contributed by atoms with Crippen LogP contribution in [0.2, 0.25) is 0 Å². The summed E-state index contributed by atoms with van der Waals surface area (Å²) < 4.78 is 34.2. The third-order valence-electron chi connectivity index (χ3n) is 8.53. The van der Waals surface area contributed by atoms with Gasteiger partial charge < -0.3 is 18.9 Å². The lowest BCUT2D eigenvalue weighted by molar-refractivity contribution is -0.870. The maximum atomic E-state index is 12.6. The number of allylic oxidation sites excluding steroid dienone is 10. The van der Waals surface area contributed by atoms with Gasteiger partial charge in [0.1, 0.15) is 19.8 Å². The fourth-order valence-corrected chi connectivity index (χ4v) is 5.97. The summed E-state index contributed by atoms with van der Waals surface area (Å²) in [6.45, 7) is 4.22. The van der Waals surface area contributed by atoms with Crippen LogP contribution in [0.15, 0.2) is 60.8 Å². The summed E-state index contributed by atoms with van der Waals surface area (Å²) in [5, 5.41) is 0. The standard InChI is InChI=1S/C44H78NO8P/c1-6-8-10-12-14-16-18-20-22-24-26-28-30-32-34-36-43(46)50-40-42(41-52-54(48,49)51-39-38-45(3,4)5)53-44(47)37-35-33-31-29-27-25-23-21-19-17-15-13-11-9-7-2/h9,11,15,17,20-23,27,29,42H,6-8,10,12-14,16,18-19,24-26,28,30-41H2,1-5H3/p+1/b11-9-,17-15-,22-20-,23-21-,29-27-. The number of hydrogen-bond donors (Lipinski definition) is 1. The van der Waals surface area contributed by atoms with Crippen LogP contribution < -0.4 is 0 Å². The van der Waals surface area contributed by atoms with Gasteiger partial charge in [-0.3, -0.25) is 18.6 Å². The number of carbonyl (C=O) groups excluding carboxylic acids is 2. The molecule has 0 aliphatic heterocycles. The molecule has 0 radical (unpaired) electrons. The van der Waals surface area contributed by atoms with Crippen LogP contribution in [0.25, 0.3) is 0 Å². The number of phosphoric ester groups is 1. The molecule has 0 aromatic carbocycles. The summed E-state index contributed by atoms with van der Waals surface area (Å²) >= 11 is 0. The van der Waals surface area contributed by atoms with E-state index in [-0.39, 0.29) is 26.1 Å². The molecule has 10 heteroatoms. The Morgan fingerprint density at radius 3 is 1.63 bits per heavy atom. The van der Waals surface area contributed by atoms with Gasteiger partial charge in [-0.15, -0.1) is 0 Å². The molecule has 0 fully saturated rings. The first-order valence-electron chi connectivity index (χ1n) is 21.0. The molecule has 312 valence electrons. The van der Waals surface area contributed by atoms with E-state index in [1.165, 1.54) is 44.9 Å². The highest BCUT2D eigenvalue weighted by Crippen LogP contribution is 2.43. The molecule has 0 saturated carbocycles. The Bertz CT molecular complexity index is 1110. The SMILES string of the molecule is CC/C=C\C/C=C\C/C=C\C/C=C\CCCCC(=O)OC(COC(=O)CCCCCCC/C=C\CCCCCCCC)COP(=O)(O)OCC[N+](C)(C)C. The van der Waals surface area contributed by atoms with E-state index in [1.54, 1.807) is 0 Å². The molecule has 0 spiro atoms. The van der Waals surface area contributed by atoms with Gasteiger partial charge in [0.2, 0.25) is 0 Å². The molecule has 0 amide bonds. The zero-order valence-corrected chi connectivity index (χ0v) is 35.8. The van der Waals surface area contributed by atoms with Crippen molar-refractivity contribution in [3.8, 4) is 0 Å². The van der Waals surface area contributed by atoms with E-state index < -0.39 is 32.5 Å². The Balaban J connectivity index is 4.48. The van der Waals surface area contributed by atoms with E-state index in [4.69, 9.17) is 18.5 Å². The van der Waals surface area contributed by atoms with Crippen molar-refractivity contribution in [2.24, 2.45) is 0 Å². The maximum absolute atomic E-state index is 12.6. The number of quaternary nitrogens is 1. The van der Waals surface area contributed by atoms with Gasteiger partial charge in [-0.05, 0) is 77.0 Å². The van der Waals surface area contributed by atoms with Crippen LogP contribution >= 0.6 is 7.82 Å². The summed E-state index contributed by atoms with van der Waals surface area (Å²) in [7, 11) is 1.43. The molecule has 0 rings (SSSR count). The van der Waals surface area contributed by atoms with Gasteiger partial charge in [0.15, 0.2) is 6.10 Å². The highest BCUT2D eigenvalue weighted by molar-refractivity contribution is 7.47. The number of esters is 2. The second kappa shape index (κ2) is 36.4. The van der Waals surface area contributed by atoms with E-state index in [0.29, 0.717) is 17.4 Å². The van der Waals surface area contributed by atoms with Crippen LogP contribution in [0.1, 0.15) is 155 Å². The van der Waals surface area contributed by atoms with Crippen LogP contribution in [0.5, 0.6) is 0 Å². The van der Waals surface area contributed by atoms with E-state index >= 15 is 0 Å². The number of rotatable bonds is 37. The third kappa shape index (κ3) is 39.4. The highest BCUT2D eigenvalue weighted by atomic mass is 31.2. The average molecular weight is 781 g/mol. The van der Waals surface area contributed by atoms with Gasteiger partial charge in [-0.25, -0.2) is 4.57 Å². The molecule has 0 aromatic rings. The van der Waals surface area contributed by atoms with Crippen LogP contribution in [0.4, 0.5) is 0 Å². The van der Waals surface area contributed by atoms with Crippen molar-refractivity contribution in [1.29, 1.82) is 0 Å². The van der Waals surface area contributed by atoms with Crippen molar-refractivity contribution in [3.63, 3.8) is 0 Å². The molecule has 2 unspecified atom stereocenters. The minimum absolute atomic E-state index is 0.0198. The van der Waals surface area contributed by atoms with Gasteiger partial charge in [0.25, 0.3) is 0 Å². The predicted molar refractivity (Wildman–Crippen MR) is 224 cm³/mol. The molecule has 0 bridgehead atoms. The van der Waals surface area contributed by atoms with Crippen LogP contribution in [-0.4, -0.2) is 74.9 Å². The molecule has 0 saturated heterocycles. The van der Waals surface area contributed by atoms with Gasteiger partial charge in [0, 0.05) is 12.8 Å². The minimum Gasteiger partial charge on any atom is -0.462 e. The quantitative estimate of drug-likeness (QED) is 0.0218. The summed E-state index contributed by atoms with van der Waals surface area (Å²) in [6.07, 6.45) is 42.7. The first kappa shape index (κ1) is 51.7. The third-order valence-corrected chi connectivity index (χ3v) is 9.52. The second-order valence-corrected chi connectivity index (χ2v) is 16.4. The smallest absolute Gasteiger partial charge is 0.462 e. The summed E-state index contributed by atoms with van der Waals surface area (Å²) in [5.41, 5.74) is 0. The molecule has 0 heterocycles. The van der Waals surface area contributed by atoms with Crippen molar-refractivity contribution in [3.05, 3.63) is 60.8 Å². The van der Waals surface area contributed by atoms with Crippen molar-refractivity contribution in [1.82, 2.24) is 0 Å². The summed E-state index contributed by atoms with van der Waals surface area (Å²) in [5.74, 6) is -0.862. The Hall–Kier alpha value is -2.29. The molecule has 2 atom stereocenters. The zero-order chi connectivity index (χ0) is 40.0. The molecule has 0 aromatic heterocycles. The first-order chi connectivity index (χ1) is 26.0. The van der Waals surface area contributed by atoms with Crippen molar-refractivity contribution >= 4 is 19.8 Å². The lowest BCUT2D eigenvalue weighted by Gasteiger charge is -2.24. The van der Waals surface area contributed by atoms with E-state index in [9.17, 15) is 19.0 Å². The van der Waals surface area contributed by atoms with E-state index in [0.717, 1.165) is 77.0 Å². The fourth-order valence-electron chi connectivity index (χ4n) is 5.23. The Labute approximate surface area is 330 Å². The minimum atomic E-state index is -4.39. The molecule has 1 N–H and O–H groups in total. The molecule has 54 heavy (non-hydrogen) atoms. The number of unbranched alkanes of at least 4 members (excludes halogenated alkanes) is 13. The highest BCUT2D eigenvalue weighted by Gasteiger charge is 2.27. The summed E-state index contributed by atoms with van der Waals surface area (Å²) in [4.78, 5) is 35.3. The van der Waals surface area contributed by atoms with Gasteiger partial charge in [-0.1, -0.05) is 126 Å². The molecular formula is C44H79NO8P+. The predicted octanol–water partition coefficient (Wildman–Crippen LogP) is 11.7. The van der Waals surface area contributed by atoms with Crippen LogP contribution in [0.3, 0.4) is 0 Å². The average Bonchev–Trinajstić information content (AvgIpc) is 3.12. The topological polar surface area (TPSA) is 108 Å². The van der Waals surface area contributed by atoms with E-state index in [2.05, 4.69) is 74.6 Å². The van der Waals surface area contributed by atoms with Crippen molar-refractivity contribution in [2.75, 3.05) is 47.5 Å². The number of likely N-dealkylation sites (N-methyl/N-ethyl adjacent to an activating group) is 1. The van der Waals surface area contributed by atoms with Crippen molar-refractivity contribution in [2.45, 2.75) is 161 Å². The second-order valence-electron chi connectivity index (χ2n) is 15.0. The normalized spacial score (nSPS) is 14.3. The molecule has 0 aliphatic carbocycles. The van der Waals surface area contributed by atoms with Gasteiger partial charge in [0.05, 0.1) is 27.7 Å². The Morgan fingerprint density at radius 1 is 0.593 bits per heavy atom. The van der Waals surface area contributed by atoms with Crippen LogP contribution in [-0.2, 0) is 32.7 Å².